The summed E-state index contributed by atoms with van der Waals surface area (Å²) in [6.45, 7) is 4.02. The van der Waals surface area contributed by atoms with Gasteiger partial charge in [0.05, 0.1) is 0 Å². The monoisotopic (exact) mass is 377 g/mol. The Kier molecular flexibility index (Phi) is 4.40. The molecule has 1 atom stereocenters. The van der Waals surface area contributed by atoms with Crippen LogP contribution >= 0.6 is 0 Å². The molecule has 2 aliphatic heterocycles. The molecular weight excluding hydrogens is 353 g/mol. The molecule has 5 rings (SSSR count). The molecule has 3 aromatic rings. The van der Waals surface area contributed by atoms with E-state index in [4.69, 9.17) is 0 Å². The fraction of sp³-hybridized carbons (Fsp3) is 0.348. The lowest BCUT2D eigenvalue weighted by Gasteiger charge is -2.45. The molecule has 3 heterocycles. The molecule has 1 fully saturated rings. The number of H-pyrrole nitrogens is 1. The van der Waals surface area contributed by atoms with E-state index in [2.05, 4.69) is 39.2 Å². The Balaban J connectivity index is 1.19. The van der Waals surface area contributed by atoms with E-state index in [0.29, 0.717) is 18.0 Å². The standard InChI is InChI=1S/C23H24FN3O/c24-18-8-6-16(7-9-18)22(28)5-2-10-26-11-12-27-19(15-26)13-17-14-25-20-3-1-4-21(27)23(17)20/h1,3-4,6-9,14,19,25H,2,5,10-13,15H2. The second-order valence-electron chi connectivity index (χ2n) is 7.90. The summed E-state index contributed by atoms with van der Waals surface area (Å²) in [6.07, 6.45) is 4.58. The van der Waals surface area contributed by atoms with Crippen molar-refractivity contribution < 1.29 is 9.18 Å². The summed E-state index contributed by atoms with van der Waals surface area (Å²) in [4.78, 5) is 20.7. The van der Waals surface area contributed by atoms with Crippen molar-refractivity contribution >= 4 is 22.4 Å². The number of benzene rings is 2. The van der Waals surface area contributed by atoms with Crippen molar-refractivity contribution in [2.75, 3.05) is 31.1 Å². The van der Waals surface area contributed by atoms with Gasteiger partial charge in [0.15, 0.2) is 5.78 Å². The number of nitrogens with zero attached hydrogens (tertiary/aromatic N) is 2. The van der Waals surface area contributed by atoms with E-state index in [1.54, 1.807) is 12.1 Å². The second kappa shape index (κ2) is 7.06. The van der Waals surface area contributed by atoms with Crippen molar-refractivity contribution in [1.82, 2.24) is 9.88 Å². The first-order valence-corrected chi connectivity index (χ1v) is 10.1. The third-order valence-corrected chi connectivity index (χ3v) is 6.14. The number of Topliss-reactive ketones (excluding diaryl/α,β-unsaturated/α-hetero) is 1. The molecule has 0 saturated carbocycles. The van der Waals surface area contributed by atoms with E-state index in [1.807, 2.05) is 0 Å². The molecule has 0 aliphatic carbocycles. The summed E-state index contributed by atoms with van der Waals surface area (Å²) in [5, 5.41) is 1.39. The summed E-state index contributed by atoms with van der Waals surface area (Å²) in [7, 11) is 0. The minimum atomic E-state index is -0.303. The molecule has 0 bridgehead atoms. The van der Waals surface area contributed by atoms with Crippen molar-refractivity contribution in [2.45, 2.75) is 25.3 Å². The predicted molar refractivity (Wildman–Crippen MR) is 110 cm³/mol. The zero-order valence-corrected chi connectivity index (χ0v) is 15.8. The Bertz CT molecular complexity index is 1010. The van der Waals surface area contributed by atoms with Crippen LogP contribution < -0.4 is 4.90 Å². The Labute approximate surface area is 163 Å². The van der Waals surface area contributed by atoms with Gasteiger partial charge in [-0.05, 0) is 61.3 Å². The maximum Gasteiger partial charge on any atom is 0.162 e. The van der Waals surface area contributed by atoms with Gasteiger partial charge in [0.2, 0.25) is 0 Å². The maximum atomic E-state index is 13.0. The zero-order valence-electron chi connectivity index (χ0n) is 15.8. The molecule has 28 heavy (non-hydrogen) atoms. The van der Waals surface area contributed by atoms with E-state index in [-0.39, 0.29) is 11.6 Å². The Morgan fingerprint density at radius 2 is 2.00 bits per heavy atom. The SMILES string of the molecule is O=C(CCCN1CCN2c3cccc4[nH]cc(c34)CC2C1)c1ccc(F)cc1. The lowest BCUT2D eigenvalue weighted by atomic mass is 9.94. The van der Waals surface area contributed by atoms with Crippen LogP contribution in [0.1, 0.15) is 28.8 Å². The van der Waals surface area contributed by atoms with E-state index in [9.17, 15) is 9.18 Å². The first-order valence-electron chi connectivity index (χ1n) is 10.1. The van der Waals surface area contributed by atoms with E-state index < -0.39 is 0 Å². The highest BCUT2D eigenvalue weighted by Gasteiger charge is 2.32. The number of aromatic nitrogens is 1. The number of piperazine rings is 1. The van der Waals surface area contributed by atoms with Crippen molar-refractivity contribution in [3.05, 3.63) is 65.6 Å². The molecule has 0 amide bonds. The van der Waals surface area contributed by atoms with E-state index in [0.717, 1.165) is 39.0 Å². The molecule has 4 nitrogen and oxygen atoms in total. The van der Waals surface area contributed by atoms with Crippen LogP contribution in [-0.4, -0.2) is 47.9 Å². The van der Waals surface area contributed by atoms with E-state index >= 15 is 0 Å². The molecule has 1 N–H and O–H groups in total. The number of aromatic amines is 1. The number of hydrogen-bond donors (Lipinski definition) is 1. The van der Waals surface area contributed by atoms with Gasteiger partial charge in [-0.15, -0.1) is 0 Å². The Morgan fingerprint density at radius 1 is 1.14 bits per heavy atom. The fourth-order valence-corrected chi connectivity index (χ4v) is 4.75. The lowest BCUT2D eigenvalue weighted by Crippen LogP contribution is -2.55. The maximum absolute atomic E-state index is 13.0. The van der Waals surface area contributed by atoms with Crippen molar-refractivity contribution in [3.8, 4) is 0 Å². The zero-order chi connectivity index (χ0) is 19.1. The number of fused-ring (bicyclic) bond motifs is 2. The normalized spacial score (nSPS) is 19.0. The van der Waals surface area contributed by atoms with Crippen LogP contribution in [0.15, 0.2) is 48.7 Å². The Morgan fingerprint density at radius 3 is 2.86 bits per heavy atom. The lowest BCUT2D eigenvalue weighted by molar-refractivity contribution is 0.0973. The summed E-state index contributed by atoms with van der Waals surface area (Å²) in [5.74, 6) is -0.205. The van der Waals surface area contributed by atoms with Crippen LogP contribution in [0.5, 0.6) is 0 Å². The highest BCUT2D eigenvalue weighted by Crippen LogP contribution is 2.37. The number of ketones is 1. The summed E-state index contributed by atoms with van der Waals surface area (Å²) >= 11 is 0. The minimum absolute atomic E-state index is 0.0972. The van der Waals surface area contributed by atoms with Gasteiger partial charge < -0.3 is 9.88 Å². The number of nitrogens with one attached hydrogen (secondary N) is 1. The first-order chi connectivity index (χ1) is 13.7. The number of halogens is 1. The molecule has 0 radical (unpaired) electrons. The molecule has 1 saturated heterocycles. The van der Waals surface area contributed by atoms with Crippen LogP contribution in [0, 0.1) is 5.82 Å². The van der Waals surface area contributed by atoms with Crippen molar-refractivity contribution in [1.29, 1.82) is 0 Å². The quantitative estimate of drug-likeness (QED) is 0.683. The summed E-state index contributed by atoms with van der Waals surface area (Å²) in [5.41, 5.74) is 4.61. The Hall–Kier alpha value is -2.66. The fourth-order valence-electron chi connectivity index (χ4n) is 4.75. The van der Waals surface area contributed by atoms with Crippen LogP contribution in [0.25, 0.3) is 10.9 Å². The smallest absolute Gasteiger partial charge is 0.162 e. The van der Waals surface area contributed by atoms with Gasteiger partial charge in [-0.3, -0.25) is 9.69 Å². The number of anilines is 1. The topological polar surface area (TPSA) is 39.3 Å². The average Bonchev–Trinajstić information content (AvgIpc) is 3.12. The third-order valence-electron chi connectivity index (χ3n) is 6.14. The summed E-state index contributed by atoms with van der Waals surface area (Å²) < 4.78 is 13.0. The minimum Gasteiger partial charge on any atom is -0.365 e. The molecule has 5 heteroatoms. The molecule has 1 aromatic heterocycles. The predicted octanol–water partition coefficient (Wildman–Crippen LogP) is 4.02. The molecule has 1 unspecified atom stereocenters. The van der Waals surface area contributed by atoms with Gasteiger partial charge in [0.25, 0.3) is 0 Å². The van der Waals surface area contributed by atoms with Gasteiger partial charge >= 0.3 is 0 Å². The number of rotatable bonds is 5. The molecular formula is C23H24FN3O. The molecule has 0 spiro atoms. The van der Waals surface area contributed by atoms with Gasteiger partial charge in [0, 0.05) is 60.4 Å². The number of carbonyl (C=O) groups is 1. The third kappa shape index (κ3) is 3.10. The van der Waals surface area contributed by atoms with Crippen LogP contribution in [0.4, 0.5) is 10.1 Å². The van der Waals surface area contributed by atoms with Gasteiger partial charge in [-0.2, -0.15) is 0 Å². The highest BCUT2D eigenvalue weighted by molar-refractivity contribution is 5.97. The molecule has 144 valence electrons. The van der Waals surface area contributed by atoms with E-state index in [1.165, 1.54) is 34.3 Å². The van der Waals surface area contributed by atoms with Crippen molar-refractivity contribution in [3.63, 3.8) is 0 Å². The van der Waals surface area contributed by atoms with Gasteiger partial charge in [-0.1, -0.05) is 6.07 Å². The van der Waals surface area contributed by atoms with Crippen LogP contribution in [0.2, 0.25) is 0 Å². The summed E-state index contributed by atoms with van der Waals surface area (Å²) in [6, 6.07) is 12.9. The largest absolute Gasteiger partial charge is 0.365 e. The first kappa shape index (κ1) is 17.4. The number of hydrogen-bond acceptors (Lipinski definition) is 3. The highest BCUT2D eigenvalue weighted by atomic mass is 19.1. The molecule has 2 aromatic carbocycles. The van der Waals surface area contributed by atoms with Gasteiger partial charge in [-0.25, -0.2) is 4.39 Å². The van der Waals surface area contributed by atoms with Crippen molar-refractivity contribution in [2.24, 2.45) is 0 Å². The van der Waals surface area contributed by atoms with Crippen LogP contribution in [-0.2, 0) is 6.42 Å². The molecule has 2 aliphatic rings. The second-order valence-corrected chi connectivity index (χ2v) is 7.90. The van der Waals surface area contributed by atoms with Gasteiger partial charge in [0.1, 0.15) is 5.82 Å². The number of carbonyl (C=O) groups excluding carboxylic acids is 1. The van der Waals surface area contributed by atoms with Crippen LogP contribution in [0.3, 0.4) is 0 Å². The average molecular weight is 377 g/mol.